The summed E-state index contributed by atoms with van der Waals surface area (Å²) in [5.41, 5.74) is 2.29. The van der Waals surface area contributed by atoms with Gasteiger partial charge in [-0.25, -0.2) is 0 Å². The minimum Gasteiger partial charge on any atom is -0.457 e. The van der Waals surface area contributed by atoms with E-state index in [1.165, 1.54) is 5.56 Å². The van der Waals surface area contributed by atoms with Gasteiger partial charge in [0, 0.05) is 0 Å². The molecule has 0 fully saturated rings. The van der Waals surface area contributed by atoms with Crippen molar-refractivity contribution in [2.45, 2.75) is 31.8 Å². The van der Waals surface area contributed by atoms with Crippen molar-refractivity contribution in [2.24, 2.45) is 0 Å². The zero-order valence-electron chi connectivity index (χ0n) is 10.9. The molecule has 19 heavy (non-hydrogen) atoms. The van der Waals surface area contributed by atoms with Crippen molar-refractivity contribution in [2.75, 3.05) is 0 Å². The van der Waals surface area contributed by atoms with Crippen molar-refractivity contribution in [1.82, 2.24) is 0 Å². The first-order valence-corrected chi connectivity index (χ1v) is 6.87. The van der Waals surface area contributed by atoms with Gasteiger partial charge in [-0.3, -0.25) is 0 Å². The summed E-state index contributed by atoms with van der Waals surface area (Å²) in [6.07, 6.45) is 3.80. The molecule has 0 aliphatic heterocycles. The number of hydrogen-bond acceptors (Lipinski definition) is 2. The maximum absolute atomic E-state index is 10.2. The fourth-order valence-electron chi connectivity index (χ4n) is 2.61. The van der Waals surface area contributed by atoms with Crippen LogP contribution in [-0.2, 0) is 6.42 Å². The van der Waals surface area contributed by atoms with Crippen LogP contribution in [0.4, 0.5) is 0 Å². The first-order chi connectivity index (χ1) is 9.33. The molecule has 0 amide bonds. The summed E-state index contributed by atoms with van der Waals surface area (Å²) in [5, 5.41) is 10.2. The van der Waals surface area contributed by atoms with Crippen LogP contribution in [0.2, 0.25) is 0 Å². The smallest absolute Gasteiger partial charge is 0.127 e. The van der Waals surface area contributed by atoms with Gasteiger partial charge in [-0.15, -0.1) is 0 Å². The Morgan fingerprint density at radius 3 is 2.63 bits per heavy atom. The molecule has 2 aromatic rings. The summed E-state index contributed by atoms with van der Waals surface area (Å²) in [7, 11) is 0. The third-order valence-electron chi connectivity index (χ3n) is 3.63. The van der Waals surface area contributed by atoms with Crippen molar-refractivity contribution in [3.05, 3.63) is 59.7 Å². The van der Waals surface area contributed by atoms with Crippen LogP contribution < -0.4 is 4.74 Å². The Morgan fingerprint density at radius 1 is 0.947 bits per heavy atom. The maximum Gasteiger partial charge on any atom is 0.127 e. The van der Waals surface area contributed by atoms with Gasteiger partial charge in [-0.05, 0) is 54.7 Å². The van der Waals surface area contributed by atoms with E-state index in [1.807, 2.05) is 42.5 Å². The largest absolute Gasteiger partial charge is 0.457 e. The Kier molecular flexibility index (Phi) is 3.51. The SMILES string of the molecule is O[C@H]1CCCCc2ccc(Oc3ccccc3)cc21. The molecule has 1 N–H and O–H groups in total. The third-order valence-corrected chi connectivity index (χ3v) is 3.63. The maximum atomic E-state index is 10.2. The molecule has 3 rings (SSSR count). The van der Waals surface area contributed by atoms with Crippen LogP contribution in [0.3, 0.4) is 0 Å². The van der Waals surface area contributed by atoms with Crippen molar-refractivity contribution >= 4 is 0 Å². The molecule has 0 aromatic heterocycles. The monoisotopic (exact) mass is 254 g/mol. The van der Waals surface area contributed by atoms with E-state index < -0.39 is 0 Å². The van der Waals surface area contributed by atoms with Crippen LogP contribution in [0.1, 0.15) is 36.5 Å². The first kappa shape index (κ1) is 12.2. The molecule has 0 radical (unpaired) electrons. The van der Waals surface area contributed by atoms with E-state index >= 15 is 0 Å². The van der Waals surface area contributed by atoms with Crippen LogP contribution in [0.25, 0.3) is 0 Å². The number of para-hydroxylation sites is 1. The predicted molar refractivity (Wildman–Crippen MR) is 75.5 cm³/mol. The fraction of sp³-hybridized carbons (Fsp3) is 0.294. The second kappa shape index (κ2) is 5.45. The third kappa shape index (κ3) is 2.79. The van der Waals surface area contributed by atoms with Gasteiger partial charge in [-0.1, -0.05) is 30.7 Å². The van der Waals surface area contributed by atoms with Gasteiger partial charge in [0.1, 0.15) is 11.5 Å². The number of aryl methyl sites for hydroxylation is 1. The van der Waals surface area contributed by atoms with Crippen LogP contribution in [0, 0.1) is 0 Å². The van der Waals surface area contributed by atoms with Gasteiger partial charge in [0.2, 0.25) is 0 Å². The zero-order chi connectivity index (χ0) is 13.1. The predicted octanol–water partition coefficient (Wildman–Crippen LogP) is 4.24. The highest BCUT2D eigenvalue weighted by Crippen LogP contribution is 2.32. The lowest BCUT2D eigenvalue weighted by Gasteiger charge is -2.14. The van der Waals surface area contributed by atoms with Gasteiger partial charge in [0.05, 0.1) is 6.10 Å². The van der Waals surface area contributed by atoms with E-state index in [0.29, 0.717) is 0 Å². The fourth-order valence-corrected chi connectivity index (χ4v) is 2.61. The topological polar surface area (TPSA) is 29.5 Å². The number of benzene rings is 2. The quantitative estimate of drug-likeness (QED) is 0.812. The van der Waals surface area contributed by atoms with E-state index in [9.17, 15) is 5.11 Å². The molecule has 2 heteroatoms. The highest BCUT2D eigenvalue weighted by atomic mass is 16.5. The summed E-state index contributed by atoms with van der Waals surface area (Å²) in [4.78, 5) is 0. The average Bonchev–Trinajstić information content (AvgIpc) is 2.62. The highest BCUT2D eigenvalue weighted by Gasteiger charge is 2.17. The van der Waals surface area contributed by atoms with E-state index in [1.54, 1.807) is 0 Å². The zero-order valence-corrected chi connectivity index (χ0v) is 10.9. The minimum absolute atomic E-state index is 0.350. The summed E-state index contributed by atoms with van der Waals surface area (Å²) in [5.74, 6) is 1.62. The molecular weight excluding hydrogens is 236 g/mol. The lowest BCUT2D eigenvalue weighted by molar-refractivity contribution is 0.166. The second-order valence-electron chi connectivity index (χ2n) is 5.04. The molecule has 0 heterocycles. The Hall–Kier alpha value is -1.80. The van der Waals surface area contributed by atoms with E-state index in [4.69, 9.17) is 4.74 Å². The number of aliphatic hydroxyl groups excluding tert-OH is 1. The Balaban J connectivity index is 1.88. The standard InChI is InChI=1S/C17H18O2/c18-17-9-5-4-6-13-10-11-15(12-16(13)17)19-14-7-2-1-3-8-14/h1-3,7-8,10-12,17-18H,4-6,9H2/t17-/m0/s1. The first-order valence-electron chi connectivity index (χ1n) is 6.87. The molecule has 98 valence electrons. The Morgan fingerprint density at radius 2 is 1.79 bits per heavy atom. The Labute approximate surface area is 113 Å². The number of hydrogen-bond donors (Lipinski definition) is 1. The average molecular weight is 254 g/mol. The molecule has 0 bridgehead atoms. The lowest BCUT2D eigenvalue weighted by Crippen LogP contribution is -1.99. The van der Waals surface area contributed by atoms with Gasteiger partial charge in [-0.2, -0.15) is 0 Å². The van der Waals surface area contributed by atoms with Crippen molar-refractivity contribution in [3.63, 3.8) is 0 Å². The lowest BCUT2D eigenvalue weighted by atomic mass is 10.0. The number of fused-ring (bicyclic) bond motifs is 1. The Bertz CT molecular complexity index is 548. The highest BCUT2D eigenvalue weighted by molar-refractivity contribution is 5.40. The number of rotatable bonds is 2. The molecule has 1 aliphatic carbocycles. The molecular formula is C17H18O2. The van der Waals surface area contributed by atoms with Crippen LogP contribution >= 0.6 is 0 Å². The van der Waals surface area contributed by atoms with Crippen LogP contribution in [0.15, 0.2) is 48.5 Å². The molecule has 2 nitrogen and oxygen atoms in total. The summed E-state index contributed by atoms with van der Waals surface area (Å²) in [6.45, 7) is 0. The molecule has 1 atom stereocenters. The normalized spacial score (nSPS) is 18.5. The second-order valence-corrected chi connectivity index (χ2v) is 5.04. The van der Waals surface area contributed by atoms with Gasteiger partial charge >= 0.3 is 0 Å². The molecule has 1 aliphatic rings. The van der Waals surface area contributed by atoms with Crippen molar-refractivity contribution < 1.29 is 9.84 Å². The van der Waals surface area contributed by atoms with Gasteiger partial charge in [0.25, 0.3) is 0 Å². The van der Waals surface area contributed by atoms with Crippen molar-refractivity contribution in [3.8, 4) is 11.5 Å². The summed E-state index contributed by atoms with van der Waals surface area (Å²) < 4.78 is 5.82. The summed E-state index contributed by atoms with van der Waals surface area (Å²) in [6, 6.07) is 15.8. The van der Waals surface area contributed by atoms with Gasteiger partial charge in [0.15, 0.2) is 0 Å². The van der Waals surface area contributed by atoms with Gasteiger partial charge < -0.3 is 9.84 Å². The van der Waals surface area contributed by atoms with Crippen molar-refractivity contribution in [1.29, 1.82) is 0 Å². The minimum atomic E-state index is -0.350. The number of aliphatic hydroxyl groups is 1. The number of ether oxygens (including phenoxy) is 1. The van der Waals surface area contributed by atoms with Crippen LogP contribution in [-0.4, -0.2) is 5.11 Å². The van der Waals surface area contributed by atoms with E-state index in [0.717, 1.165) is 42.7 Å². The molecule has 0 unspecified atom stereocenters. The van der Waals surface area contributed by atoms with E-state index in [2.05, 4.69) is 6.07 Å². The molecule has 2 aromatic carbocycles. The van der Waals surface area contributed by atoms with Crippen LogP contribution in [0.5, 0.6) is 11.5 Å². The summed E-state index contributed by atoms with van der Waals surface area (Å²) >= 11 is 0. The molecule has 0 spiro atoms. The molecule has 0 saturated carbocycles. The molecule has 0 saturated heterocycles. The van der Waals surface area contributed by atoms with E-state index in [-0.39, 0.29) is 6.10 Å².